The van der Waals surface area contributed by atoms with Crippen molar-refractivity contribution in [3.8, 4) is 11.4 Å². The van der Waals surface area contributed by atoms with Crippen LogP contribution < -0.4 is 5.73 Å². The van der Waals surface area contributed by atoms with Crippen molar-refractivity contribution in [1.82, 2.24) is 9.97 Å². The lowest BCUT2D eigenvalue weighted by Gasteiger charge is -2.07. The standard InChI is InChI=1S/C14H15N3OS/c1-18-6-9-3-2-4-10(5-9)14-16-12-8-19-7-11(12)13(15)17-14/h2-5H,6-8H2,1H3,(H2,15,16,17). The Kier molecular flexibility index (Phi) is 3.40. The van der Waals surface area contributed by atoms with Gasteiger partial charge in [0.05, 0.1) is 12.3 Å². The van der Waals surface area contributed by atoms with Gasteiger partial charge >= 0.3 is 0 Å². The van der Waals surface area contributed by atoms with Crippen LogP contribution >= 0.6 is 11.8 Å². The van der Waals surface area contributed by atoms with Gasteiger partial charge in [-0.05, 0) is 11.6 Å². The molecule has 0 bridgehead atoms. The van der Waals surface area contributed by atoms with Gasteiger partial charge < -0.3 is 10.5 Å². The molecule has 2 heterocycles. The number of thioether (sulfide) groups is 1. The van der Waals surface area contributed by atoms with E-state index in [4.69, 9.17) is 10.5 Å². The van der Waals surface area contributed by atoms with E-state index in [0.29, 0.717) is 18.2 Å². The summed E-state index contributed by atoms with van der Waals surface area (Å²) in [6.07, 6.45) is 0. The molecule has 19 heavy (non-hydrogen) atoms. The number of anilines is 1. The van der Waals surface area contributed by atoms with Gasteiger partial charge in [-0.15, -0.1) is 0 Å². The first-order chi connectivity index (χ1) is 9.28. The Balaban J connectivity index is 2.02. The summed E-state index contributed by atoms with van der Waals surface area (Å²) in [5.41, 5.74) is 10.3. The lowest BCUT2D eigenvalue weighted by atomic mass is 10.1. The van der Waals surface area contributed by atoms with Crippen molar-refractivity contribution in [1.29, 1.82) is 0 Å². The minimum Gasteiger partial charge on any atom is -0.383 e. The number of nitrogens with two attached hydrogens (primary N) is 1. The monoisotopic (exact) mass is 273 g/mol. The van der Waals surface area contributed by atoms with Gasteiger partial charge in [-0.2, -0.15) is 11.8 Å². The number of benzene rings is 1. The summed E-state index contributed by atoms with van der Waals surface area (Å²) in [6.45, 7) is 0.587. The third-order valence-electron chi connectivity index (χ3n) is 3.11. The molecule has 0 amide bonds. The highest BCUT2D eigenvalue weighted by Gasteiger charge is 2.18. The van der Waals surface area contributed by atoms with Crippen molar-refractivity contribution in [3.63, 3.8) is 0 Å². The highest BCUT2D eigenvalue weighted by atomic mass is 32.2. The third kappa shape index (κ3) is 2.43. The lowest BCUT2D eigenvalue weighted by molar-refractivity contribution is 0.185. The van der Waals surface area contributed by atoms with Crippen LogP contribution in [-0.4, -0.2) is 17.1 Å². The SMILES string of the molecule is COCc1cccc(-c2nc(N)c3c(n2)CSC3)c1. The van der Waals surface area contributed by atoms with Gasteiger partial charge in [-0.3, -0.25) is 0 Å². The van der Waals surface area contributed by atoms with E-state index in [2.05, 4.69) is 9.97 Å². The average Bonchev–Trinajstić information content (AvgIpc) is 2.88. The van der Waals surface area contributed by atoms with E-state index >= 15 is 0 Å². The molecule has 0 saturated carbocycles. The van der Waals surface area contributed by atoms with Gasteiger partial charge in [0.25, 0.3) is 0 Å². The Hall–Kier alpha value is -1.59. The second kappa shape index (κ2) is 5.19. The number of nitrogen functional groups attached to an aromatic ring is 1. The van der Waals surface area contributed by atoms with Crippen LogP contribution in [0.4, 0.5) is 5.82 Å². The number of nitrogens with zero attached hydrogens (tertiary/aromatic N) is 2. The lowest BCUT2D eigenvalue weighted by Crippen LogP contribution is -2.03. The first kappa shape index (κ1) is 12.4. The van der Waals surface area contributed by atoms with Crippen LogP contribution in [0.25, 0.3) is 11.4 Å². The Bertz CT molecular complexity index is 616. The van der Waals surface area contributed by atoms with Crippen molar-refractivity contribution in [3.05, 3.63) is 41.1 Å². The third-order valence-corrected chi connectivity index (χ3v) is 4.08. The highest BCUT2D eigenvalue weighted by molar-refractivity contribution is 7.98. The molecule has 1 aliphatic rings. The molecule has 0 unspecified atom stereocenters. The first-order valence-electron chi connectivity index (χ1n) is 6.09. The number of rotatable bonds is 3. The molecule has 0 aliphatic carbocycles. The number of hydrogen-bond donors (Lipinski definition) is 1. The van der Waals surface area contributed by atoms with E-state index < -0.39 is 0 Å². The van der Waals surface area contributed by atoms with Crippen LogP contribution in [0, 0.1) is 0 Å². The van der Waals surface area contributed by atoms with Gasteiger partial charge in [0.2, 0.25) is 0 Å². The molecule has 0 atom stereocenters. The average molecular weight is 273 g/mol. The van der Waals surface area contributed by atoms with Gasteiger partial charge in [-0.25, -0.2) is 9.97 Å². The fraction of sp³-hybridized carbons (Fsp3) is 0.286. The fourth-order valence-corrected chi connectivity index (χ4v) is 3.22. The maximum absolute atomic E-state index is 6.02. The van der Waals surface area contributed by atoms with Gasteiger partial charge in [0.15, 0.2) is 5.82 Å². The molecule has 5 heteroatoms. The summed E-state index contributed by atoms with van der Waals surface area (Å²) >= 11 is 1.83. The van der Waals surface area contributed by atoms with Crippen molar-refractivity contribution < 1.29 is 4.74 Å². The number of methoxy groups -OCH3 is 1. The topological polar surface area (TPSA) is 61.0 Å². The maximum Gasteiger partial charge on any atom is 0.161 e. The summed E-state index contributed by atoms with van der Waals surface area (Å²) in [7, 11) is 1.69. The van der Waals surface area contributed by atoms with Crippen molar-refractivity contribution in [2.75, 3.05) is 12.8 Å². The molecule has 1 aromatic carbocycles. The van der Waals surface area contributed by atoms with E-state index in [0.717, 1.165) is 33.9 Å². The molecule has 1 aliphatic heterocycles. The van der Waals surface area contributed by atoms with Crippen molar-refractivity contribution in [2.45, 2.75) is 18.1 Å². The van der Waals surface area contributed by atoms with Gasteiger partial charge in [0.1, 0.15) is 5.82 Å². The highest BCUT2D eigenvalue weighted by Crippen LogP contribution is 2.33. The molecular weight excluding hydrogens is 258 g/mol. The number of aromatic nitrogens is 2. The second-order valence-electron chi connectivity index (χ2n) is 4.48. The zero-order valence-electron chi connectivity index (χ0n) is 10.7. The summed E-state index contributed by atoms with van der Waals surface area (Å²) in [6, 6.07) is 8.07. The van der Waals surface area contributed by atoms with E-state index in [1.807, 2.05) is 36.0 Å². The number of ether oxygens (including phenoxy) is 1. The number of hydrogen-bond acceptors (Lipinski definition) is 5. The molecule has 3 rings (SSSR count). The largest absolute Gasteiger partial charge is 0.383 e. The van der Waals surface area contributed by atoms with Crippen LogP contribution in [0.1, 0.15) is 16.8 Å². The Labute approximate surface area is 116 Å². The van der Waals surface area contributed by atoms with E-state index in [-0.39, 0.29) is 0 Å². The molecule has 2 aromatic rings. The predicted molar refractivity (Wildman–Crippen MR) is 77.6 cm³/mol. The normalized spacial score (nSPS) is 13.5. The summed E-state index contributed by atoms with van der Waals surface area (Å²) in [4.78, 5) is 9.06. The molecule has 0 fully saturated rings. The molecule has 2 N–H and O–H groups in total. The van der Waals surface area contributed by atoms with E-state index in [1.165, 1.54) is 0 Å². The molecule has 1 aromatic heterocycles. The van der Waals surface area contributed by atoms with Crippen LogP contribution in [0.2, 0.25) is 0 Å². The van der Waals surface area contributed by atoms with Crippen LogP contribution in [-0.2, 0) is 22.8 Å². The van der Waals surface area contributed by atoms with Crippen molar-refractivity contribution in [2.24, 2.45) is 0 Å². The molecule has 98 valence electrons. The molecule has 0 radical (unpaired) electrons. The fourth-order valence-electron chi connectivity index (χ4n) is 2.17. The van der Waals surface area contributed by atoms with E-state index in [9.17, 15) is 0 Å². The van der Waals surface area contributed by atoms with E-state index in [1.54, 1.807) is 7.11 Å². The number of fused-ring (bicyclic) bond motifs is 1. The predicted octanol–water partition coefficient (Wildman–Crippen LogP) is 2.62. The van der Waals surface area contributed by atoms with Gasteiger partial charge in [-0.1, -0.05) is 18.2 Å². The molecule has 0 spiro atoms. The zero-order valence-corrected chi connectivity index (χ0v) is 11.5. The van der Waals surface area contributed by atoms with Crippen molar-refractivity contribution >= 4 is 17.6 Å². The molecule has 4 nitrogen and oxygen atoms in total. The summed E-state index contributed by atoms with van der Waals surface area (Å²) in [5, 5.41) is 0. The smallest absolute Gasteiger partial charge is 0.161 e. The Morgan fingerprint density at radius 3 is 3.05 bits per heavy atom. The van der Waals surface area contributed by atoms with Crippen LogP contribution in [0.3, 0.4) is 0 Å². The van der Waals surface area contributed by atoms with Gasteiger partial charge in [0, 0.05) is 29.7 Å². The Morgan fingerprint density at radius 1 is 1.32 bits per heavy atom. The van der Waals surface area contributed by atoms with Crippen LogP contribution in [0.5, 0.6) is 0 Å². The summed E-state index contributed by atoms with van der Waals surface area (Å²) < 4.78 is 5.15. The zero-order chi connectivity index (χ0) is 13.2. The first-order valence-corrected chi connectivity index (χ1v) is 7.24. The minimum atomic E-state index is 0.587. The summed E-state index contributed by atoms with van der Waals surface area (Å²) in [5.74, 6) is 3.16. The second-order valence-corrected chi connectivity index (χ2v) is 5.47. The maximum atomic E-state index is 6.02. The molecular formula is C14H15N3OS. The molecule has 0 saturated heterocycles. The van der Waals surface area contributed by atoms with Crippen LogP contribution in [0.15, 0.2) is 24.3 Å². The quantitative estimate of drug-likeness (QED) is 0.931. The Morgan fingerprint density at radius 2 is 2.21 bits per heavy atom. The minimum absolute atomic E-state index is 0.587.